The third-order valence-corrected chi connectivity index (χ3v) is 3.26. The fourth-order valence-corrected chi connectivity index (χ4v) is 2.02. The molecule has 0 aliphatic rings. The second kappa shape index (κ2) is 10.1. The van der Waals surface area contributed by atoms with E-state index in [-0.39, 0.29) is 12.1 Å². The monoisotopic (exact) mass is 285 g/mol. The van der Waals surface area contributed by atoms with Crippen LogP contribution in [-0.2, 0) is 0 Å². The normalized spacial score (nSPS) is 13.0. The van der Waals surface area contributed by atoms with E-state index in [2.05, 4.69) is 19.2 Å². The van der Waals surface area contributed by atoms with Gasteiger partial charge in [0, 0.05) is 12.1 Å². The molecule has 2 aromatic carbocycles. The summed E-state index contributed by atoms with van der Waals surface area (Å²) in [4.78, 5) is 0. The van der Waals surface area contributed by atoms with Crippen molar-refractivity contribution in [2.45, 2.75) is 25.9 Å². The first-order valence-corrected chi connectivity index (χ1v) is 7.52. The molecule has 0 aliphatic carbocycles. The maximum atomic E-state index is 6.15. The summed E-state index contributed by atoms with van der Waals surface area (Å²) in [6.07, 6.45) is 0. The summed E-state index contributed by atoms with van der Waals surface area (Å²) in [6.45, 7) is 6.39. The molecular formula is C18H27N3. The molecule has 114 valence electrons. The zero-order valence-corrected chi connectivity index (χ0v) is 13.0. The molecule has 0 heterocycles. The van der Waals surface area contributed by atoms with Gasteiger partial charge in [0.1, 0.15) is 0 Å². The van der Waals surface area contributed by atoms with E-state index in [9.17, 15) is 0 Å². The van der Waals surface area contributed by atoms with Gasteiger partial charge in [-0.15, -0.1) is 0 Å². The summed E-state index contributed by atoms with van der Waals surface area (Å²) in [5.74, 6) is 0. The Morgan fingerprint density at radius 2 is 1.05 bits per heavy atom. The smallest absolute Gasteiger partial charge is 0.0491 e. The Labute approximate surface area is 128 Å². The van der Waals surface area contributed by atoms with Crippen LogP contribution in [-0.4, -0.2) is 13.1 Å². The highest BCUT2D eigenvalue weighted by Crippen LogP contribution is 2.23. The number of hydrogen-bond donors (Lipinski definition) is 3. The molecule has 0 saturated heterocycles. The molecule has 0 fully saturated rings. The second-order valence-electron chi connectivity index (χ2n) is 4.83. The Hall–Kier alpha value is -1.68. The third-order valence-electron chi connectivity index (χ3n) is 3.26. The quantitative estimate of drug-likeness (QED) is 0.791. The minimum absolute atomic E-state index is 0.163. The molecule has 21 heavy (non-hydrogen) atoms. The van der Waals surface area contributed by atoms with Crippen molar-refractivity contribution in [2.24, 2.45) is 11.5 Å². The fraction of sp³-hybridized carbons (Fsp3) is 0.333. The lowest BCUT2D eigenvalue weighted by Gasteiger charge is -2.20. The highest BCUT2D eigenvalue weighted by molar-refractivity contribution is 5.26. The molecule has 0 saturated carbocycles. The zero-order valence-electron chi connectivity index (χ0n) is 13.0. The van der Waals surface area contributed by atoms with Crippen molar-refractivity contribution < 1.29 is 0 Å². The number of rotatable bonds is 5. The van der Waals surface area contributed by atoms with Gasteiger partial charge < -0.3 is 16.8 Å². The molecule has 2 rings (SSSR count). The van der Waals surface area contributed by atoms with Crippen LogP contribution >= 0.6 is 0 Å². The van der Waals surface area contributed by atoms with E-state index in [1.807, 2.05) is 60.7 Å². The van der Waals surface area contributed by atoms with Crippen LogP contribution in [0.15, 0.2) is 60.7 Å². The average Bonchev–Trinajstić information content (AvgIpc) is 2.56. The van der Waals surface area contributed by atoms with Gasteiger partial charge in [-0.3, -0.25) is 0 Å². The second-order valence-corrected chi connectivity index (χ2v) is 4.83. The molecule has 0 unspecified atom stereocenters. The predicted molar refractivity (Wildman–Crippen MR) is 91.0 cm³/mol. The Bertz CT molecular complexity index is 425. The summed E-state index contributed by atoms with van der Waals surface area (Å²) in [5, 5.41) is 3.11. The molecule has 2 aromatic rings. The topological polar surface area (TPSA) is 64.1 Å². The van der Waals surface area contributed by atoms with Crippen LogP contribution in [0.1, 0.15) is 37.1 Å². The zero-order chi connectivity index (χ0) is 15.5. The van der Waals surface area contributed by atoms with Crippen molar-refractivity contribution in [3.63, 3.8) is 0 Å². The Morgan fingerprint density at radius 1 is 0.714 bits per heavy atom. The van der Waals surface area contributed by atoms with E-state index >= 15 is 0 Å². The van der Waals surface area contributed by atoms with Crippen molar-refractivity contribution in [3.8, 4) is 0 Å². The van der Waals surface area contributed by atoms with E-state index in [4.69, 9.17) is 11.5 Å². The van der Waals surface area contributed by atoms with Gasteiger partial charge in [0.25, 0.3) is 0 Å². The SMILES string of the molecule is CCNCC.N[C@@H](c1ccccc1)[C@@H](N)c1ccccc1. The van der Waals surface area contributed by atoms with Crippen molar-refractivity contribution in [1.29, 1.82) is 0 Å². The molecule has 0 aromatic heterocycles. The molecule has 0 bridgehead atoms. The fourth-order valence-electron chi connectivity index (χ4n) is 2.02. The maximum Gasteiger partial charge on any atom is 0.0491 e. The van der Waals surface area contributed by atoms with Crippen molar-refractivity contribution >= 4 is 0 Å². The molecule has 2 atom stereocenters. The van der Waals surface area contributed by atoms with Gasteiger partial charge in [0.2, 0.25) is 0 Å². The summed E-state index contributed by atoms with van der Waals surface area (Å²) in [5.41, 5.74) is 14.4. The van der Waals surface area contributed by atoms with Gasteiger partial charge in [0.05, 0.1) is 0 Å². The van der Waals surface area contributed by atoms with Gasteiger partial charge in [-0.05, 0) is 24.2 Å². The highest BCUT2D eigenvalue weighted by atomic mass is 14.8. The highest BCUT2D eigenvalue weighted by Gasteiger charge is 2.16. The third kappa shape index (κ3) is 6.08. The van der Waals surface area contributed by atoms with Crippen molar-refractivity contribution in [3.05, 3.63) is 71.8 Å². The van der Waals surface area contributed by atoms with Crippen molar-refractivity contribution in [2.75, 3.05) is 13.1 Å². The minimum Gasteiger partial charge on any atom is -0.322 e. The largest absolute Gasteiger partial charge is 0.322 e. The number of nitrogens with one attached hydrogen (secondary N) is 1. The molecule has 0 amide bonds. The first-order valence-electron chi connectivity index (χ1n) is 7.52. The van der Waals surface area contributed by atoms with Crippen LogP contribution < -0.4 is 16.8 Å². The Kier molecular flexibility index (Phi) is 8.36. The maximum absolute atomic E-state index is 6.15. The van der Waals surface area contributed by atoms with E-state index in [1.165, 1.54) is 0 Å². The summed E-state index contributed by atoms with van der Waals surface area (Å²) in [6, 6.07) is 19.6. The van der Waals surface area contributed by atoms with Crippen LogP contribution in [0.4, 0.5) is 0 Å². The van der Waals surface area contributed by atoms with E-state index < -0.39 is 0 Å². The number of hydrogen-bond acceptors (Lipinski definition) is 3. The van der Waals surface area contributed by atoms with Crippen LogP contribution in [0, 0.1) is 0 Å². The van der Waals surface area contributed by atoms with E-state index in [1.54, 1.807) is 0 Å². The Morgan fingerprint density at radius 3 is 1.29 bits per heavy atom. The summed E-state index contributed by atoms with van der Waals surface area (Å²) < 4.78 is 0. The predicted octanol–water partition coefficient (Wildman–Crippen LogP) is 3.00. The summed E-state index contributed by atoms with van der Waals surface area (Å²) in [7, 11) is 0. The molecule has 3 nitrogen and oxygen atoms in total. The van der Waals surface area contributed by atoms with Gasteiger partial charge >= 0.3 is 0 Å². The number of benzene rings is 2. The van der Waals surface area contributed by atoms with Gasteiger partial charge in [0.15, 0.2) is 0 Å². The Balaban J connectivity index is 0.000000383. The summed E-state index contributed by atoms with van der Waals surface area (Å²) >= 11 is 0. The molecule has 3 heteroatoms. The number of nitrogens with two attached hydrogens (primary N) is 2. The van der Waals surface area contributed by atoms with Gasteiger partial charge in [-0.1, -0.05) is 74.5 Å². The van der Waals surface area contributed by atoms with Gasteiger partial charge in [-0.25, -0.2) is 0 Å². The minimum atomic E-state index is -0.163. The molecule has 0 aliphatic heterocycles. The van der Waals surface area contributed by atoms with Crippen molar-refractivity contribution in [1.82, 2.24) is 5.32 Å². The molecular weight excluding hydrogens is 258 g/mol. The molecule has 0 spiro atoms. The van der Waals surface area contributed by atoms with E-state index in [0.717, 1.165) is 24.2 Å². The lowest BCUT2D eigenvalue weighted by molar-refractivity contribution is 0.574. The van der Waals surface area contributed by atoms with Gasteiger partial charge in [-0.2, -0.15) is 0 Å². The standard InChI is InChI=1S/C14H16N2.C4H11N/c15-13(11-7-3-1-4-8-11)14(16)12-9-5-2-6-10-12;1-3-5-4-2/h1-10,13-14H,15-16H2;5H,3-4H2,1-2H3/t13-,14-;/m0./s1. The van der Waals surface area contributed by atoms with Crippen LogP contribution in [0.5, 0.6) is 0 Å². The van der Waals surface area contributed by atoms with Crippen LogP contribution in [0.25, 0.3) is 0 Å². The first kappa shape index (κ1) is 17.4. The lowest BCUT2D eigenvalue weighted by atomic mass is 9.95. The van der Waals surface area contributed by atoms with E-state index in [0.29, 0.717) is 0 Å². The molecule has 0 radical (unpaired) electrons. The molecule has 5 N–H and O–H groups in total. The van der Waals surface area contributed by atoms with Crippen LogP contribution in [0.3, 0.4) is 0 Å². The van der Waals surface area contributed by atoms with Crippen LogP contribution in [0.2, 0.25) is 0 Å². The first-order chi connectivity index (χ1) is 10.2. The lowest BCUT2D eigenvalue weighted by Crippen LogP contribution is -2.26. The average molecular weight is 285 g/mol.